The first kappa shape index (κ1) is 13.4. The van der Waals surface area contributed by atoms with Gasteiger partial charge >= 0.3 is 6.09 Å². The maximum Gasteiger partial charge on any atom is 0.409 e. The maximum absolute atomic E-state index is 11.3. The molecule has 4 nitrogen and oxygen atoms in total. The van der Waals surface area contributed by atoms with Crippen LogP contribution in [-0.2, 0) is 17.7 Å². The van der Waals surface area contributed by atoms with Crippen molar-refractivity contribution in [2.75, 3.05) is 21.3 Å². The van der Waals surface area contributed by atoms with Crippen molar-refractivity contribution in [2.45, 2.75) is 19.9 Å². The highest BCUT2D eigenvalue weighted by molar-refractivity contribution is 5.67. The van der Waals surface area contributed by atoms with Crippen LogP contribution in [0.2, 0.25) is 0 Å². The Labute approximate surface area is 102 Å². The molecule has 0 aromatic heterocycles. The van der Waals surface area contributed by atoms with Crippen LogP contribution in [0.1, 0.15) is 18.1 Å². The molecule has 0 bridgehead atoms. The predicted molar refractivity (Wildman–Crippen MR) is 66.2 cm³/mol. The molecule has 94 valence electrons. The van der Waals surface area contributed by atoms with E-state index in [4.69, 9.17) is 4.74 Å². The van der Waals surface area contributed by atoms with Gasteiger partial charge < -0.3 is 14.4 Å². The second kappa shape index (κ2) is 6.13. The second-order valence-corrected chi connectivity index (χ2v) is 3.83. The Morgan fingerprint density at radius 2 is 2.06 bits per heavy atom. The lowest BCUT2D eigenvalue weighted by Gasteiger charge is -2.18. The average molecular weight is 237 g/mol. The summed E-state index contributed by atoms with van der Waals surface area (Å²) >= 11 is 0. The number of carbonyl (C=O) groups is 1. The highest BCUT2D eigenvalue weighted by atomic mass is 16.5. The van der Waals surface area contributed by atoms with Crippen molar-refractivity contribution in [1.29, 1.82) is 0 Å². The summed E-state index contributed by atoms with van der Waals surface area (Å²) < 4.78 is 9.94. The van der Waals surface area contributed by atoms with Crippen molar-refractivity contribution >= 4 is 6.09 Å². The van der Waals surface area contributed by atoms with Crippen LogP contribution < -0.4 is 4.74 Å². The highest BCUT2D eigenvalue weighted by Gasteiger charge is 2.12. The molecule has 1 aromatic carbocycles. The van der Waals surface area contributed by atoms with E-state index in [0.717, 1.165) is 17.7 Å². The molecule has 0 N–H and O–H groups in total. The van der Waals surface area contributed by atoms with Gasteiger partial charge in [-0.15, -0.1) is 0 Å². The fourth-order valence-corrected chi connectivity index (χ4v) is 1.65. The third kappa shape index (κ3) is 3.37. The number of aryl methyl sites for hydroxylation is 1. The molecule has 4 heteroatoms. The van der Waals surface area contributed by atoms with E-state index in [1.54, 1.807) is 14.2 Å². The highest BCUT2D eigenvalue weighted by Crippen LogP contribution is 2.21. The average Bonchev–Trinajstić information content (AvgIpc) is 2.37. The molecule has 17 heavy (non-hydrogen) atoms. The summed E-state index contributed by atoms with van der Waals surface area (Å²) in [5.41, 5.74) is 2.21. The van der Waals surface area contributed by atoms with Crippen LogP contribution in [0.3, 0.4) is 0 Å². The summed E-state index contributed by atoms with van der Waals surface area (Å²) in [6, 6.07) is 6.01. The number of benzene rings is 1. The minimum atomic E-state index is -0.353. The number of rotatable bonds is 4. The summed E-state index contributed by atoms with van der Waals surface area (Å²) in [7, 11) is 4.70. The van der Waals surface area contributed by atoms with E-state index in [1.165, 1.54) is 17.6 Å². The summed E-state index contributed by atoms with van der Waals surface area (Å²) in [6.45, 7) is 2.57. The number of carbonyl (C=O) groups excluding carboxylic acids is 1. The molecule has 0 unspecified atom stereocenters. The van der Waals surface area contributed by atoms with Gasteiger partial charge in [0, 0.05) is 12.6 Å². The Morgan fingerprint density at radius 1 is 1.35 bits per heavy atom. The zero-order chi connectivity index (χ0) is 12.8. The minimum absolute atomic E-state index is 0.353. The molecule has 0 fully saturated rings. The van der Waals surface area contributed by atoms with Crippen molar-refractivity contribution in [3.05, 3.63) is 29.3 Å². The van der Waals surface area contributed by atoms with Crippen LogP contribution in [0.25, 0.3) is 0 Å². The van der Waals surface area contributed by atoms with Crippen LogP contribution in [0, 0.1) is 0 Å². The number of nitrogens with zero attached hydrogens (tertiary/aromatic N) is 1. The van der Waals surface area contributed by atoms with E-state index in [9.17, 15) is 4.79 Å². The van der Waals surface area contributed by atoms with E-state index in [1.807, 2.05) is 12.1 Å². The maximum atomic E-state index is 11.3. The van der Waals surface area contributed by atoms with Crippen molar-refractivity contribution in [3.8, 4) is 5.75 Å². The first-order valence-electron chi connectivity index (χ1n) is 5.57. The van der Waals surface area contributed by atoms with Gasteiger partial charge in [-0.25, -0.2) is 4.79 Å². The van der Waals surface area contributed by atoms with Crippen LogP contribution in [0.15, 0.2) is 18.2 Å². The fourth-order valence-electron chi connectivity index (χ4n) is 1.65. The number of methoxy groups -OCH3 is 2. The van der Waals surface area contributed by atoms with Crippen molar-refractivity contribution in [1.82, 2.24) is 4.90 Å². The molecule has 0 heterocycles. The molecule has 1 amide bonds. The molecule has 0 aliphatic heterocycles. The van der Waals surface area contributed by atoms with Gasteiger partial charge in [-0.05, 0) is 18.1 Å². The van der Waals surface area contributed by atoms with Gasteiger partial charge in [0.05, 0.1) is 20.8 Å². The lowest BCUT2D eigenvalue weighted by atomic mass is 10.1. The number of amides is 1. The molecule has 0 atom stereocenters. The Kier molecular flexibility index (Phi) is 4.82. The molecule has 0 aliphatic rings. The third-order valence-corrected chi connectivity index (χ3v) is 2.65. The van der Waals surface area contributed by atoms with E-state index >= 15 is 0 Å². The van der Waals surface area contributed by atoms with Crippen molar-refractivity contribution in [3.63, 3.8) is 0 Å². The molecule has 0 saturated heterocycles. The number of hydrogen-bond donors (Lipinski definition) is 0. The van der Waals surface area contributed by atoms with Crippen molar-refractivity contribution < 1.29 is 14.3 Å². The smallest absolute Gasteiger partial charge is 0.409 e. The quantitative estimate of drug-likeness (QED) is 0.807. The molecule has 1 aromatic rings. The largest absolute Gasteiger partial charge is 0.496 e. The molecular formula is C13H19NO3. The monoisotopic (exact) mass is 237 g/mol. The Balaban J connectivity index is 2.91. The van der Waals surface area contributed by atoms with Crippen LogP contribution >= 0.6 is 0 Å². The fraction of sp³-hybridized carbons (Fsp3) is 0.462. The zero-order valence-electron chi connectivity index (χ0n) is 10.8. The zero-order valence-corrected chi connectivity index (χ0v) is 10.8. The Bertz CT molecular complexity index is 390. The van der Waals surface area contributed by atoms with E-state index in [-0.39, 0.29) is 6.09 Å². The minimum Gasteiger partial charge on any atom is -0.496 e. The van der Waals surface area contributed by atoms with E-state index < -0.39 is 0 Å². The van der Waals surface area contributed by atoms with Gasteiger partial charge in [0.25, 0.3) is 0 Å². The molecule has 0 spiro atoms. The Morgan fingerprint density at radius 3 is 2.59 bits per heavy atom. The number of ether oxygens (including phenoxy) is 2. The van der Waals surface area contributed by atoms with Gasteiger partial charge in [-0.3, -0.25) is 0 Å². The van der Waals surface area contributed by atoms with Gasteiger partial charge in [0.15, 0.2) is 0 Å². The van der Waals surface area contributed by atoms with Crippen molar-refractivity contribution in [2.24, 2.45) is 0 Å². The lowest BCUT2D eigenvalue weighted by Crippen LogP contribution is -2.26. The predicted octanol–water partition coefficient (Wildman–Crippen LogP) is 2.46. The summed E-state index contributed by atoms with van der Waals surface area (Å²) in [5, 5.41) is 0. The van der Waals surface area contributed by atoms with Gasteiger partial charge in [0.2, 0.25) is 0 Å². The number of hydrogen-bond acceptors (Lipinski definition) is 3. The summed E-state index contributed by atoms with van der Waals surface area (Å²) in [5.74, 6) is 0.790. The summed E-state index contributed by atoms with van der Waals surface area (Å²) in [4.78, 5) is 12.8. The van der Waals surface area contributed by atoms with Crippen LogP contribution in [0.5, 0.6) is 5.75 Å². The van der Waals surface area contributed by atoms with E-state index in [0.29, 0.717) is 6.54 Å². The van der Waals surface area contributed by atoms with Crippen LogP contribution in [-0.4, -0.2) is 32.3 Å². The topological polar surface area (TPSA) is 38.8 Å². The van der Waals surface area contributed by atoms with Crippen LogP contribution in [0.4, 0.5) is 4.79 Å². The Hall–Kier alpha value is -1.71. The molecule has 0 saturated carbocycles. The molecular weight excluding hydrogens is 218 g/mol. The van der Waals surface area contributed by atoms with Gasteiger partial charge in [0.1, 0.15) is 5.75 Å². The standard InChI is InChI=1S/C13H19NO3/c1-5-10-6-7-12(16-3)11(8-10)9-14(2)13(15)17-4/h6-8H,5,9H2,1-4H3. The normalized spacial score (nSPS) is 9.88. The molecule has 0 radical (unpaired) electrons. The second-order valence-electron chi connectivity index (χ2n) is 3.83. The lowest BCUT2D eigenvalue weighted by molar-refractivity contribution is 0.131. The van der Waals surface area contributed by atoms with E-state index in [2.05, 4.69) is 17.7 Å². The first-order valence-corrected chi connectivity index (χ1v) is 5.57. The molecule has 1 rings (SSSR count). The van der Waals surface area contributed by atoms with Gasteiger partial charge in [-0.2, -0.15) is 0 Å². The van der Waals surface area contributed by atoms with Gasteiger partial charge in [-0.1, -0.05) is 19.1 Å². The third-order valence-electron chi connectivity index (χ3n) is 2.65. The first-order chi connectivity index (χ1) is 8.12. The molecule has 0 aliphatic carbocycles. The SMILES string of the molecule is CCc1ccc(OC)c(CN(C)C(=O)OC)c1. The summed E-state index contributed by atoms with van der Waals surface area (Å²) in [6.07, 6.45) is 0.604.